The number of ether oxygens (including phenoxy) is 2. The topological polar surface area (TPSA) is 85.4 Å². The molecule has 0 radical (unpaired) electrons. The van der Waals surface area contributed by atoms with Crippen LogP contribution in [-0.2, 0) is 11.2 Å². The summed E-state index contributed by atoms with van der Waals surface area (Å²) in [4.78, 5) is 23.4. The fraction of sp³-hybridized carbons (Fsp3) is 0.458. The molecule has 1 atom stereocenters. The Morgan fingerprint density at radius 1 is 1.34 bits per heavy atom. The molecule has 0 spiro atoms. The van der Waals surface area contributed by atoms with Crippen molar-refractivity contribution in [2.24, 2.45) is 0 Å². The maximum Gasteiger partial charge on any atom is 0.261 e. The highest BCUT2D eigenvalue weighted by Crippen LogP contribution is 2.34. The number of methoxy groups -OCH3 is 1. The van der Waals surface area contributed by atoms with Crippen LogP contribution in [0.25, 0.3) is 10.2 Å². The lowest BCUT2D eigenvalue weighted by molar-refractivity contribution is -0.0615. The molecule has 1 aliphatic rings. The maximum atomic E-state index is 13.1. The van der Waals surface area contributed by atoms with Gasteiger partial charge in [0.15, 0.2) is 0 Å². The third-order valence-corrected chi connectivity index (χ3v) is 7.00. The van der Waals surface area contributed by atoms with Crippen molar-refractivity contribution < 1.29 is 14.3 Å². The second-order valence-electron chi connectivity index (χ2n) is 8.76. The van der Waals surface area contributed by atoms with Gasteiger partial charge in [0.05, 0.1) is 23.0 Å². The van der Waals surface area contributed by atoms with Gasteiger partial charge in [-0.3, -0.25) is 4.79 Å². The number of hydrogen-bond donors (Lipinski definition) is 2. The smallest absolute Gasteiger partial charge is 0.261 e. The number of fused-ring (bicyclic) bond motifs is 1. The fourth-order valence-electron chi connectivity index (χ4n) is 4.18. The van der Waals surface area contributed by atoms with E-state index in [1.54, 1.807) is 13.4 Å². The van der Waals surface area contributed by atoms with Crippen molar-refractivity contribution in [1.82, 2.24) is 15.3 Å². The van der Waals surface area contributed by atoms with Gasteiger partial charge in [-0.15, -0.1) is 11.3 Å². The number of amides is 1. The van der Waals surface area contributed by atoms with Gasteiger partial charge in [0.2, 0.25) is 0 Å². The molecule has 170 valence electrons. The van der Waals surface area contributed by atoms with Gasteiger partial charge in [0, 0.05) is 19.2 Å². The first-order valence-corrected chi connectivity index (χ1v) is 11.7. The summed E-state index contributed by atoms with van der Waals surface area (Å²) in [6.07, 6.45) is 4.02. The number of hydrogen-bond acceptors (Lipinski definition) is 7. The van der Waals surface area contributed by atoms with E-state index in [4.69, 9.17) is 9.47 Å². The quantitative estimate of drug-likeness (QED) is 0.552. The summed E-state index contributed by atoms with van der Waals surface area (Å²) in [6, 6.07) is 8.16. The van der Waals surface area contributed by atoms with Gasteiger partial charge >= 0.3 is 0 Å². The highest BCUT2D eigenvalue weighted by atomic mass is 32.1. The number of aryl methyl sites for hydroxylation is 1. The average Bonchev–Trinajstić information content (AvgIpc) is 3.11. The van der Waals surface area contributed by atoms with Gasteiger partial charge in [-0.25, -0.2) is 9.97 Å². The number of nitrogens with one attached hydrogen (secondary N) is 2. The molecular formula is C24H30N4O3S. The van der Waals surface area contributed by atoms with Crippen LogP contribution in [0, 0.1) is 6.92 Å². The summed E-state index contributed by atoms with van der Waals surface area (Å²) in [5, 5.41) is 7.54. The number of thiophene rings is 1. The zero-order chi connectivity index (χ0) is 22.7. The standard InChI is InChI=1S/C24H30N4O3S/c1-15-19-21(25-10-8-16-6-5-7-18(12-16)30-4)26-14-27-23(19)32-20(15)22(29)28-17-9-11-31-24(2,3)13-17/h5-7,12,14,17H,8-11,13H2,1-4H3,(H,28,29)(H,25,26,27)/t17-/m0/s1. The Balaban J connectivity index is 1.47. The van der Waals surface area contributed by atoms with Crippen molar-refractivity contribution in [1.29, 1.82) is 0 Å². The first-order chi connectivity index (χ1) is 15.4. The Morgan fingerprint density at radius 3 is 2.97 bits per heavy atom. The van der Waals surface area contributed by atoms with Crippen molar-refractivity contribution in [2.45, 2.75) is 51.7 Å². The Morgan fingerprint density at radius 2 is 2.19 bits per heavy atom. The van der Waals surface area contributed by atoms with Crippen molar-refractivity contribution in [2.75, 3.05) is 25.6 Å². The second kappa shape index (κ2) is 9.42. The van der Waals surface area contributed by atoms with E-state index >= 15 is 0 Å². The molecule has 3 aromatic rings. The average molecular weight is 455 g/mol. The number of rotatable bonds is 7. The molecule has 0 unspecified atom stereocenters. The summed E-state index contributed by atoms with van der Waals surface area (Å²) in [6.45, 7) is 7.48. The zero-order valence-electron chi connectivity index (χ0n) is 19.0. The molecule has 0 aliphatic carbocycles. The zero-order valence-corrected chi connectivity index (χ0v) is 19.8. The minimum absolute atomic E-state index is 0.0458. The molecule has 2 N–H and O–H groups in total. The fourth-order valence-corrected chi connectivity index (χ4v) is 5.23. The highest BCUT2D eigenvalue weighted by Gasteiger charge is 2.30. The van der Waals surface area contributed by atoms with Gasteiger partial charge in [-0.2, -0.15) is 0 Å². The third kappa shape index (κ3) is 5.02. The van der Waals surface area contributed by atoms with Crippen LogP contribution >= 0.6 is 11.3 Å². The van der Waals surface area contributed by atoms with Gasteiger partial charge in [-0.1, -0.05) is 12.1 Å². The first kappa shape index (κ1) is 22.5. The van der Waals surface area contributed by atoms with E-state index in [1.807, 2.05) is 25.1 Å². The molecule has 8 heteroatoms. The Bertz CT molecular complexity index is 1110. The summed E-state index contributed by atoms with van der Waals surface area (Å²) in [7, 11) is 1.67. The van der Waals surface area contributed by atoms with E-state index in [0.717, 1.165) is 46.6 Å². The lowest BCUT2D eigenvalue weighted by Crippen LogP contribution is -2.45. The largest absolute Gasteiger partial charge is 0.497 e. The highest BCUT2D eigenvalue weighted by molar-refractivity contribution is 7.20. The molecule has 1 fully saturated rings. The third-order valence-electron chi connectivity index (χ3n) is 5.81. The number of carbonyl (C=O) groups excluding carboxylic acids is 1. The van der Waals surface area contributed by atoms with Crippen LogP contribution in [0.4, 0.5) is 5.82 Å². The monoisotopic (exact) mass is 454 g/mol. The predicted octanol–water partition coefficient (Wildman–Crippen LogP) is 4.35. The number of benzene rings is 1. The predicted molar refractivity (Wildman–Crippen MR) is 128 cm³/mol. The normalized spacial score (nSPS) is 17.8. The number of aromatic nitrogens is 2. The van der Waals surface area contributed by atoms with Gasteiger partial charge in [0.25, 0.3) is 5.91 Å². The van der Waals surface area contributed by atoms with Crippen molar-refractivity contribution in [3.63, 3.8) is 0 Å². The summed E-state index contributed by atoms with van der Waals surface area (Å²) < 4.78 is 11.1. The number of anilines is 1. The molecule has 3 heterocycles. The molecule has 2 aromatic heterocycles. The molecular weight excluding hydrogens is 424 g/mol. The van der Waals surface area contributed by atoms with Crippen molar-refractivity contribution in [3.05, 3.63) is 46.6 Å². The summed E-state index contributed by atoms with van der Waals surface area (Å²) in [5.74, 6) is 1.57. The van der Waals surface area contributed by atoms with Crippen LogP contribution in [0.5, 0.6) is 5.75 Å². The molecule has 1 saturated heterocycles. The molecule has 1 aliphatic heterocycles. The molecule has 0 bridgehead atoms. The van der Waals surface area contributed by atoms with Gasteiger partial charge < -0.3 is 20.1 Å². The minimum Gasteiger partial charge on any atom is -0.497 e. The molecule has 0 saturated carbocycles. The van der Waals surface area contributed by atoms with E-state index < -0.39 is 0 Å². The Labute approximate surface area is 192 Å². The SMILES string of the molecule is COc1cccc(CCNc2ncnc3sc(C(=O)N[C@H]4CCOC(C)(C)C4)c(C)c23)c1. The Kier molecular flexibility index (Phi) is 6.62. The van der Waals surface area contributed by atoms with E-state index in [9.17, 15) is 4.79 Å². The first-order valence-electron chi connectivity index (χ1n) is 10.9. The Hall–Kier alpha value is -2.71. The lowest BCUT2D eigenvalue weighted by atomic mass is 9.94. The second-order valence-corrected chi connectivity index (χ2v) is 9.76. The minimum atomic E-state index is -0.212. The van der Waals surface area contributed by atoms with Crippen LogP contribution < -0.4 is 15.4 Å². The molecule has 1 amide bonds. The van der Waals surface area contributed by atoms with Crippen LogP contribution in [0.2, 0.25) is 0 Å². The molecule has 4 rings (SSSR count). The van der Waals surface area contributed by atoms with Gasteiger partial charge in [-0.05, 0) is 63.3 Å². The van der Waals surface area contributed by atoms with E-state index in [0.29, 0.717) is 18.0 Å². The van der Waals surface area contributed by atoms with E-state index in [1.165, 1.54) is 16.9 Å². The molecule has 7 nitrogen and oxygen atoms in total. The maximum absolute atomic E-state index is 13.1. The molecule has 1 aromatic carbocycles. The number of nitrogens with zero attached hydrogens (tertiary/aromatic N) is 2. The number of carbonyl (C=O) groups is 1. The van der Waals surface area contributed by atoms with Crippen molar-refractivity contribution in [3.8, 4) is 5.75 Å². The van der Waals surface area contributed by atoms with E-state index in [-0.39, 0.29) is 17.6 Å². The van der Waals surface area contributed by atoms with E-state index in [2.05, 4.69) is 40.5 Å². The van der Waals surface area contributed by atoms with Crippen LogP contribution in [0.3, 0.4) is 0 Å². The van der Waals surface area contributed by atoms with Gasteiger partial charge in [0.1, 0.15) is 22.7 Å². The van der Waals surface area contributed by atoms with Crippen LogP contribution in [0.1, 0.15) is 47.5 Å². The lowest BCUT2D eigenvalue weighted by Gasteiger charge is -2.35. The van der Waals surface area contributed by atoms with Crippen LogP contribution in [0.15, 0.2) is 30.6 Å². The van der Waals surface area contributed by atoms with Crippen LogP contribution in [-0.4, -0.2) is 47.8 Å². The summed E-state index contributed by atoms with van der Waals surface area (Å²) in [5.41, 5.74) is 1.89. The van der Waals surface area contributed by atoms with Crippen molar-refractivity contribution >= 4 is 33.3 Å². The molecule has 32 heavy (non-hydrogen) atoms. The summed E-state index contributed by atoms with van der Waals surface area (Å²) >= 11 is 1.42.